The summed E-state index contributed by atoms with van der Waals surface area (Å²) < 4.78 is 74.3. The minimum atomic E-state index is -4.79. The average Bonchev–Trinajstić information content (AvgIpc) is 2.79. The minimum absolute atomic E-state index is 0.0402. The second kappa shape index (κ2) is 8.86. The van der Waals surface area contributed by atoms with Crippen molar-refractivity contribution >= 4 is 34.2 Å². The minimum Gasteiger partial charge on any atom is -0.478 e. The van der Waals surface area contributed by atoms with Crippen LogP contribution < -0.4 is 15.2 Å². The standard InChI is InChI=1S/C24H21F5N2O4/c1-2-31(17-6-4-3-5-15(17)22(33)34)18-12-14(24(27,28)29)11-16-19(32)13-20(35-21(16)18)30-9-7-23(25,26)8-10-30/h3-6,11-13H,2,7-10H2,1H3,(H,33,34). The first-order chi connectivity index (χ1) is 16.4. The van der Waals surface area contributed by atoms with E-state index in [1.54, 1.807) is 6.92 Å². The second-order valence-corrected chi connectivity index (χ2v) is 8.23. The zero-order valence-corrected chi connectivity index (χ0v) is 18.5. The molecule has 0 unspecified atom stereocenters. The van der Waals surface area contributed by atoms with Gasteiger partial charge in [-0.1, -0.05) is 12.1 Å². The summed E-state index contributed by atoms with van der Waals surface area (Å²) in [6, 6.07) is 8.24. The van der Waals surface area contributed by atoms with E-state index in [-0.39, 0.29) is 53.4 Å². The number of para-hydroxylation sites is 1. The lowest BCUT2D eigenvalue weighted by atomic mass is 10.1. The zero-order valence-electron chi connectivity index (χ0n) is 18.5. The van der Waals surface area contributed by atoms with Crippen LogP contribution in [0.15, 0.2) is 51.7 Å². The summed E-state index contributed by atoms with van der Waals surface area (Å²) in [7, 11) is 0. The van der Waals surface area contributed by atoms with E-state index in [1.807, 2.05) is 0 Å². The van der Waals surface area contributed by atoms with Gasteiger partial charge in [-0.3, -0.25) is 4.79 Å². The highest BCUT2D eigenvalue weighted by Crippen LogP contribution is 2.40. The van der Waals surface area contributed by atoms with Crippen molar-refractivity contribution in [2.45, 2.75) is 31.9 Å². The first-order valence-corrected chi connectivity index (χ1v) is 10.8. The molecule has 35 heavy (non-hydrogen) atoms. The molecule has 1 aromatic heterocycles. The first kappa shape index (κ1) is 24.5. The van der Waals surface area contributed by atoms with Gasteiger partial charge in [-0.05, 0) is 31.2 Å². The van der Waals surface area contributed by atoms with Gasteiger partial charge >= 0.3 is 12.1 Å². The van der Waals surface area contributed by atoms with Gasteiger partial charge < -0.3 is 19.3 Å². The number of piperidine rings is 1. The molecule has 1 saturated heterocycles. The number of halogens is 5. The molecule has 0 spiro atoms. The number of rotatable bonds is 5. The summed E-state index contributed by atoms with van der Waals surface area (Å²) >= 11 is 0. The van der Waals surface area contributed by atoms with Gasteiger partial charge in [-0.2, -0.15) is 13.2 Å². The Hall–Kier alpha value is -3.63. The van der Waals surface area contributed by atoms with Crippen LogP contribution in [-0.4, -0.2) is 36.6 Å². The van der Waals surface area contributed by atoms with Gasteiger partial charge in [0.1, 0.15) is 0 Å². The van der Waals surface area contributed by atoms with Crippen molar-refractivity contribution in [2.75, 3.05) is 29.4 Å². The third-order valence-electron chi connectivity index (χ3n) is 5.96. The molecule has 0 amide bonds. The average molecular weight is 496 g/mol. The molecule has 6 nitrogen and oxygen atoms in total. The van der Waals surface area contributed by atoms with E-state index >= 15 is 0 Å². The molecule has 1 aliphatic rings. The first-order valence-electron chi connectivity index (χ1n) is 10.8. The van der Waals surface area contributed by atoms with Crippen LogP contribution in [0.25, 0.3) is 11.0 Å². The van der Waals surface area contributed by atoms with Gasteiger partial charge in [0.05, 0.1) is 27.9 Å². The Bertz CT molecular complexity index is 1330. The molecule has 0 bridgehead atoms. The number of nitrogens with zero attached hydrogens (tertiary/aromatic N) is 2. The van der Waals surface area contributed by atoms with Gasteiger partial charge in [0.15, 0.2) is 16.9 Å². The van der Waals surface area contributed by atoms with Crippen LogP contribution >= 0.6 is 0 Å². The molecule has 1 N–H and O–H groups in total. The van der Waals surface area contributed by atoms with Gasteiger partial charge in [0.2, 0.25) is 0 Å². The smallest absolute Gasteiger partial charge is 0.416 e. The maximum Gasteiger partial charge on any atom is 0.416 e. The lowest BCUT2D eigenvalue weighted by molar-refractivity contribution is -0.137. The number of carboxylic acids is 1. The van der Waals surface area contributed by atoms with Gasteiger partial charge in [0.25, 0.3) is 5.92 Å². The Morgan fingerprint density at radius 2 is 1.77 bits per heavy atom. The molecule has 2 aromatic carbocycles. The molecule has 2 heterocycles. The predicted molar refractivity (Wildman–Crippen MR) is 120 cm³/mol. The monoisotopic (exact) mass is 496 g/mol. The Labute approximate surface area is 196 Å². The van der Waals surface area contributed by atoms with E-state index in [0.717, 1.165) is 12.1 Å². The van der Waals surface area contributed by atoms with E-state index in [2.05, 4.69) is 0 Å². The third kappa shape index (κ3) is 4.80. The van der Waals surface area contributed by atoms with Crippen LogP contribution in [0.1, 0.15) is 35.7 Å². The van der Waals surface area contributed by atoms with Gasteiger partial charge in [-0.15, -0.1) is 0 Å². The summed E-state index contributed by atoms with van der Waals surface area (Å²) in [5.41, 5.74) is -2.28. The number of anilines is 3. The molecule has 0 aliphatic carbocycles. The van der Waals surface area contributed by atoms with Crippen LogP contribution in [0.4, 0.5) is 39.2 Å². The highest BCUT2D eigenvalue weighted by atomic mass is 19.4. The lowest BCUT2D eigenvalue weighted by Crippen LogP contribution is -2.39. The van der Waals surface area contributed by atoms with Crippen molar-refractivity contribution in [2.24, 2.45) is 0 Å². The quantitative estimate of drug-likeness (QED) is 0.443. The molecule has 0 atom stereocenters. The molecule has 11 heteroatoms. The molecular weight excluding hydrogens is 475 g/mol. The highest BCUT2D eigenvalue weighted by Gasteiger charge is 2.36. The molecule has 0 saturated carbocycles. The van der Waals surface area contributed by atoms with E-state index < -0.39 is 41.9 Å². The number of carboxylic acid groups (broad SMARTS) is 1. The number of fused-ring (bicyclic) bond motifs is 1. The maximum absolute atomic E-state index is 13.7. The second-order valence-electron chi connectivity index (χ2n) is 8.23. The topological polar surface area (TPSA) is 74.0 Å². The van der Waals surface area contributed by atoms with E-state index in [1.165, 1.54) is 34.1 Å². The summed E-state index contributed by atoms with van der Waals surface area (Å²) in [6.07, 6.45) is -5.71. The summed E-state index contributed by atoms with van der Waals surface area (Å²) in [5, 5.41) is 9.25. The van der Waals surface area contributed by atoms with Gasteiger partial charge in [0, 0.05) is 38.5 Å². The van der Waals surface area contributed by atoms with Crippen LogP contribution in [0.2, 0.25) is 0 Å². The number of carbonyl (C=O) groups is 1. The molecule has 186 valence electrons. The van der Waals surface area contributed by atoms with Crippen molar-refractivity contribution < 1.29 is 36.3 Å². The molecule has 4 rings (SSSR count). The van der Waals surface area contributed by atoms with Crippen molar-refractivity contribution in [3.8, 4) is 0 Å². The Balaban J connectivity index is 1.96. The fourth-order valence-electron chi connectivity index (χ4n) is 4.16. The highest BCUT2D eigenvalue weighted by molar-refractivity contribution is 5.99. The van der Waals surface area contributed by atoms with E-state index in [4.69, 9.17) is 4.42 Å². The van der Waals surface area contributed by atoms with Crippen LogP contribution in [-0.2, 0) is 6.18 Å². The van der Waals surface area contributed by atoms with Crippen LogP contribution in [0.3, 0.4) is 0 Å². The number of alkyl halides is 5. The summed E-state index contributed by atoms with van der Waals surface area (Å²) in [5.74, 6) is -4.17. The van der Waals surface area contributed by atoms with Crippen molar-refractivity contribution in [1.29, 1.82) is 0 Å². The van der Waals surface area contributed by atoms with Gasteiger partial charge in [-0.25, -0.2) is 13.6 Å². The fourth-order valence-corrected chi connectivity index (χ4v) is 4.16. The number of hydrogen-bond acceptors (Lipinski definition) is 5. The SMILES string of the molecule is CCN(c1ccccc1C(=O)O)c1cc(C(F)(F)F)cc2c(=O)cc(N3CCC(F)(F)CC3)oc12. The van der Waals surface area contributed by atoms with Crippen molar-refractivity contribution in [1.82, 2.24) is 0 Å². The maximum atomic E-state index is 13.7. The largest absolute Gasteiger partial charge is 0.478 e. The van der Waals surface area contributed by atoms with E-state index in [9.17, 15) is 36.6 Å². The molecule has 0 radical (unpaired) electrons. The molecule has 1 aliphatic heterocycles. The van der Waals surface area contributed by atoms with Crippen LogP contribution in [0.5, 0.6) is 0 Å². The lowest BCUT2D eigenvalue weighted by Gasteiger charge is -2.32. The third-order valence-corrected chi connectivity index (χ3v) is 5.96. The predicted octanol–water partition coefficient (Wildman–Crippen LogP) is 5.90. The Morgan fingerprint density at radius 1 is 1.11 bits per heavy atom. The number of hydrogen-bond donors (Lipinski definition) is 1. The molecular formula is C24H21F5N2O4. The molecule has 1 fully saturated rings. The summed E-state index contributed by atoms with van der Waals surface area (Å²) in [6.45, 7) is 1.46. The summed E-state index contributed by atoms with van der Waals surface area (Å²) in [4.78, 5) is 27.5. The van der Waals surface area contributed by atoms with E-state index in [0.29, 0.717) is 6.07 Å². The fraction of sp³-hybridized carbons (Fsp3) is 0.333. The Kier molecular flexibility index (Phi) is 6.20. The zero-order chi connectivity index (χ0) is 25.5. The normalized spacial score (nSPS) is 15.9. The molecule has 3 aromatic rings. The number of aromatic carboxylic acids is 1. The van der Waals surface area contributed by atoms with Crippen LogP contribution in [0, 0.1) is 0 Å². The Morgan fingerprint density at radius 3 is 2.37 bits per heavy atom. The van der Waals surface area contributed by atoms with Crippen molar-refractivity contribution in [3.05, 3.63) is 63.8 Å². The number of benzene rings is 2. The van der Waals surface area contributed by atoms with Crippen molar-refractivity contribution in [3.63, 3.8) is 0 Å².